The number of carbonyl (C=O) groups is 3. The van der Waals surface area contributed by atoms with Gasteiger partial charge in [0.25, 0.3) is 5.91 Å². The molecular weight excluding hydrogens is 406 g/mol. The summed E-state index contributed by atoms with van der Waals surface area (Å²) < 4.78 is 0. The summed E-state index contributed by atoms with van der Waals surface area (Å²) in [6.07, 6.45) is 8.47. The van der Waals surface area contributed by atoms with E-state index >= 15 is 0 Å². The molecule has 7 nitrogen and oxygen atoms in total. The van der Waals surface area contributed by atoms with E-state index in [2.05, 4.69) is 5.43 Å². The van der Waals surface area contributed by atoms with Gasteiger partial charge in [0.05, 0.1) is 23.4 Å². The third kappa shape index (κ3) is 6.42. The van der Waals surface area contributed by atoms with Crippen LogP contribution in [0.15, 0.2) is 36.4 Å². The SMILES string of the molecule is CCC[C@](C)(C(=O)NN(C(=O)[C@@H](C)N)C1CCCC1)[C@@H](C/C=C/c1ccccc1)C(=O)O. The average molecular weight is 444 g/mol. The Morgan fingerprint density at radius 1 is 1.25 bits per heavy atom. The Labute approximate surface area is 191 Å². The zero-order valence-electron chi connectivity index (χ0n) is 19.4. The summed E-state index contributed by atoms with van der Waals surface area (Å²) in [4.78, 5) is 38.5. The summed E-state index contributed by atoms with van der Waals surface area (Å²) in [7, 11) is 0. The second-order valence-corrected chi connectivity index (χ2v) is 8.98. The smallest absolute Gasteiger partial charge is 0.307 e. The summed E-state index contributed by atoms with van der Waals surface area (Å²) in [6, 6.07) is 8.75. The fourth-order valence-corrected chi connectivity index (χ4v) is 4.45. The van der Waals surface area contributed by atoms with Crippen molar-refractivity contribution in [2.75, 3.05) is 0 Å². The van der Waals surface area contributed by atoms with E-state index in [1.807, 2.05) is 43.3 Å². The van der Waals surface area contributed by atoms with Crippen LogP contribution in [0.25, 0.3) is 6.08 Å². The highest BCUT2D eigenvalue weighted by atomic mass is 16.4. The van der Waals surface area contributed by atoms with Crippen molar-refractivity contribution in [2.45, 2.75) is 77.8 Å². The molecule has 7 heteroatoms. The maximum Gasteiger partial charge on any atom is 0.307 e. The second-order valence-electron chi connectivity index (χ2n) is 8.98. The molecule has 2 rings (SSSR count). The Balaban J connectivity index is 2.26. The van der Waals surface area contributed by atoms with E-state index in [0.717, 1.165) is 31.2 Å². The standard InChI is InChI=1S/C25H37N3O4/c1-4-17-25(3,21(23(30)31)16-10-13-19-11-6-5-7-12-19)24(32)27-28(22(29)18(2)26)20-14-8-9-15-20/h5-7,10-13,18,20-21H,4,8-9,14-17,26H2,1-3H3,(H,27,32)(H,30,31)/b13-10+/t18-,21+,25+/m1/s1. The van der Waals surface area contributed by atoms with Gasteiger partial charge in [0.1, 0.15) is 0 Å². The number of aliphatic carboxylic acids is 1. The predicted molar refractivity (Wildman–Crippen MR) is 125 cm³/mol. The fourth-order valence-electron chi connectivity index (χ4n) is 4.45. The summed E-state index contributed by atoms with van der Waals surface area (Å²) in [6.45, 7) is 5.20. The molecule has 3 atom stereocenters. The zero-order chi connectivity index (χ0) is 23.7. The van der Waals surface area contributed by atoms with E-state index in [4.69, 9.17) is 5.73 Å². The van der Waals surface area contributed by atoms with Crippen molar-refractivity contribution in [3.63, 3.8) is 0 Å². The second kappa shape index (κ2) is 11.8. The molecule has 1 aliphatic carbocycles. The van der Waals surface area contributed by atoms with Crippen LogP contribution in [-0.4, -0.2) is 40.0 Å². The molecule has 176 valence electrons. The Bertz CT molecular complexity index is 803. The largest absolute Gasteiger partial charge is 0.481 e. The Morgan fingerprint density at radius 3 is 2.41 bits per heavy atom. The highest BCUT2D eigenvalue weighted by Gasteiger charge is 2.45. The lowest BCUT2D eigenvalue weighted by Crippen LogP contribution is -2.59. The topological polar surface area (TPSA) is 113 Å². The number of nitrogens with one attached hydrogen (secondary N) is 1. The number of carbonyl (C=O) groups excluding carboxylic acids is 2. The molecule has 1 aliphatic rings. The van der Waals surface area contributed by atoms with Crippen molar-refractivity contribution in [1.29, 1.82) is 0 Å². The van der Waals surface area contributed by atoms with Crippen molar-refractivity contribution >= 4 is 23.9 Å². The van der Waals surface area contributed by atoms with Gasteiger partial charge in [-0.1, -0.05) is 68.7 Å². The van der Waals surface area contributed by atoms with Gasteiger partial charge in [0.2, 0.25) is 5.91 Å². The molecule has 1 saturated carbocycles. The molecule has 2 amide bonds. The van der Waals surface area contributed by atoms with E-state index in [0.29, 0.717) is 12.8 Å². The number of amides is 2. The van der Waals surface area contributed by atoms with Gasteiger partial charge in [-0.3, -0.25) is 19.8 Å². The lowest BCUT2D eigenvalue weighted by atomic mass is 9.71. The molecule has 0 saturated heterocycles. The van der Waals surface area contributed by atoms with Gasteiger partial charge in [-0.05, 0) is 45.1 Å². The van der Waals surface area contributed by atoms with Crippen LogP contribution in [0.5, 0.6) is 0 Å². The molecule has 0 aliphatic heterocycles. The van der Waals surface area contributed by atoms with Crippen LogP contribution in [0.1, 0.15) is 71.3 Å². The molecule has 0 unspecified atom stereocenters. The number of carboxylic acid groups (broad SMARTS) is 1. The van der Waals surface area contributed by atoms with Crippen LogP contribution in [-0.2, 0) is 14.4 Å². The van der Waals surface area contributed by atoms with Gasteiger partial charge < -0.3 is 10.8 Å². The van der Waals surface area contributed by atoms with Crippen LogP contribution in [0.4, 0.5) is 0 Å². The first-order valence-corrected chi connectivity index (χ1v) is 11.5. The Hall–Kier alpha value is -2.67. The van der Waals surface area contributed by atoms with Crippen molar-refractivity contribution < 1.29 is 19.5 Å². The van der Waals surface area contributed by atoms with Gasteiger partial charge >= 0.3 is 5.97 Å². The lowest BCUT2D eigenvalue weighted by molar-refractivity contribution is -0.158. The average Bonchev–Trinajstić information content (AvgIpc) is 3.29. The van der Waals surface area contributed by atoms with Gasteiger partial charge in [0.15, 0.2) is 0 Å². The monoisotopic (exact) mass is 443 g/mol. The maximum absolute atomic E-state index is 13.5. The number of nitrogens with two attached hydrogens (primary N) is 1. The van der Waals surface area contributed by atoms with E-state index in [1.54, 1.807) is 19.9 Å². The number of nitrogens with zero attached hydrogens (tertiary/aromatic N) is 1. The van der Waals surface area contributed by atoms with E-state index in [-0.39, 0.29) is 18.4 Å². The normalized spacial score (nSPS) is 18.1. The zero-order valence-corrected chi connectivity index (χ0v) is 19.4. The minimum absolute atomic E-state index is 0.107. The molecule has 0 radical (unpaired) electrons. The highest BCUT2D eigenvalue weighted by molar-refractivity contribution is 5.90. The predicted octanol–water partition coefficient (Wildman–Crippen LogP) is 3.75. The van der Waals surface area contributed by atoms with Gasteiger partial charge in [-0.15, -0.1) is 0 Å². The van der Waals surface area contributed by atoms with Crippen molar-refractivity contribution in [2.24, 2.45) is 17.1 Å². The summed E-state index contributed by atoms with van der Waals surface area (Å²) in [5.41, 5.74) is 8.40. The molecule has 0 spiro atoms. The van der Waals surface area contributed by atoms with E-state index in [1.165, 1.54) is 5.01 Å². The van der Waals surface area contributed by atoms with E-state index in [9.17, 15) is 19.5 Å². The Morgan fingerprint density at radius 2 is 1.88 bits per heavy atom. The van der Waals surface area contributed by atoms with Gasteiger partial charge in [-0.25, -0.2) is 5.01 Å². The fraction of sp³-hybridized carbons (Fsp3) is 0.560. The van der Waals surface area contributed by atoms with Crippen LogP contribution in [0.3, 0.4) is 0 Å². The molecular formula is C25H37N3O4. The number of hydrogen-bond donors (Lipinski definition) is 3. The molecule has 0 heterocycles. The van der Waals surface area contributed by atoms with Crippen LogP contribution in [0, 0.1) is 11.3 Å². The third-order valence-electron chi connectivity index (χ3n) is 6.38. The summed E-state index contributed by atoms with van der Waals surface area (Å²) in [5.74, 6) is -2.75. The van der Waals surface area contributed by atoms with E-state index < -0.39 is 29.3 Å². The molecule has 1 aromatic rings. The Kier molecular flexibility index (Phi) is 9.44. The van der Waals surface area contributed by atoms with Gasteiger partial charge in [-0.2, -0.15) is 0 Å². The van der Waals surface area contributed by atoms with Crippen LogP contribution < -0.4 is 11.2 Å². The van der Waals surface area contributed by atoms with Crippen molar-refractivity contribution in [3.05, 3.63) is 42.0 Å². The third-order valence-corrected chi connectivity index (χ3v) is 6.38. The van der Waals surface area contributed by atoms with Gasteiger partial charge in [0, 0.05) is 0 Å². The molecule has 0 aromatic heterocycles. The van der Waals surface area contributed by atoms with Crippen LogP contribution in [0.2, 0.25) is 0 Å². The number of rotatable bonds is 10. The van der Waals surface area contributed by atoms with Crippen LogP contribution >= 0.6 is 0 Å². The number of hydrazine groups is 1. The number of carboxylic acids is 1. The molecule has 1 fully saturated rings. The first-order valence-electron chi connectivity index (χ1n) is 11.5. The van der Waals surface area contributed by atoms with Crippen molar-refractivity contribution in [3.8, 4) is 0 Å². The minimum Gasteiger partial charge on any atom is -0.481 e. The molecule has 0 bridgehead atoms. The first kappa shape index (κ1) is 25.6. The summed E-state index contributed by atoms with van der Waals surface area (Å²) in [5, 5.41) is 11.4. The molecule has 32 heavy (non-hydrogen) atoms. The maximum atomic E-state index is 13.5. The first-order chi connectivity index (χ1) is 15.2. The number of benzene rings is 1. The number of hydrogen-bond acceptors (Lipinski definition) is 4. The quantitative estimate of drug-likeness (QED) is 0.477. The number of allylic oxidation sites excluding steroid dienone is 1. The molecule has 4 N–H and O–H groups in total. The highest BCUT2D eigenvalue weighted by Crippen LogP contribution is 2.37. The lowest BCUT2D eigenvalue weighted by Gasteiger charge is -2.38. The molecule has 1 aromatic carbocycles. The minimum atomic E-state index is -1.18. The summed E-state index contributed by atoms with van der Waals surface area (Å²) >= 11 is 0. The van der Waals surface area contributed by atoms with Crippen molar-refractivity contribution in [1.82, 2.24) is 10.4 Å².